The van der Waals surface area contributed by atoms with Crippen molar-refractivity contribution in [3.8, 4) is 0 Å². The summed E-state index contributed by atoms with van der Waals surface area (Å²) in [6, 6.07) is 13.2. The summed E-state index contributed by atoms with van der Waals surface area (Å²) >= 11 is 12.9. The van der Waals surface area contributed by atoms with E-state index in [1.54, 1.807) is 30.8 Å². The number of hydrogen-bond acceptors (Lipinski definition) is 4. The van der Waals surface area contributed by atoms with E-state index in [0.29, 0.717) is 17.3 Å². The van der Waals surface area contributed by atoms with E-state index in [1.165, 1.54) is 0 Å². The van der Waals surface area contributed by atoms with Crippen LogP contribution in [-0.4, -0.2) is 30.0 Å². The smallest absolute Gasteiger partial charge is 0.338 e. The molecule has 7 heteroatoms. The molecule has 2 rings (SSSR count). The van der Waals surface area contributed by atoms with Crippen molar-refractivity contribution in [3.63, 3.8) is 0 Å². The summed E-state index contributed by atoms with van der Waals surface area (Å²) in [4.78, 5) is 13.1. The van der Waals surface area contributed by atoms with Gasteiger partial charge in [-0.3, -0.25) is 0 Å². The maximum absolute atomic E-state index is 12.0. The number of carbonyl (C=O) groups excluding carboxylic acids is 1. The highest BCUT2D eigenvalue weighted by molar-refractivity contribution is 7.99. The lowest BCUT2D eigenvalue weighted by molar-refractivity contribution is 0.0525. The Kier molecular flexibility index (Phi) is 8.22. The van der Waals surface area contributed by atoms with Gasteiger partial charge in [-0.2, -0.15) is 0 Å². The van der Waals surface area contributed by atoms with Crippen LogP contribution < -0.4 is 10.6 Å². The highest BCUT2D eigenvalue weighted by atomic mass is 35.5. The monoisotopic (exact) mass is 408 g/mol. The molecule has 0 aliphatic rings. The molecule has 0 aliphatic carbocycles. The molecule has 0 fully saturated rings. The molecule has 2 aromatic rings. The maximum Gasteiger partial charge on any atom is 0.338 e. The number of nitrogens with one attached hydrogen (secondary N) is 2. The number of esters is 1. The third-order valence-electron chi connectivity index (χ3n) is 3.55. The first kappa shape index (κ1) is 20.6. The van der Waals surface area contributed by atoms with Crippen LogP contribution >= 0.6 is 35.6 Å². The quantitative estimate of drug-likeness (QED) is 0.294. The van der Waals surface area contributed by atoms with Crippen molar-refractivity contribution in [2.45, 2.75) is 18.7 Å². The van der Waals surface area contributed by atoms with Crippen molar-refractivity contribution in [1.29, 1.82) is 0 Å². The molecule has 2 aromatic carbocycles. The second-order valence-corrected chi connectivity index (χ2v) is 7.39. The van der Waals surface area contributed by atoms with E-state index in [-0.39, 0.29) is 5.97 Å². The lowest BCUT2D eigenvalue weighted by Gasteiger charge is -2.14. The fourth-order valence-electron chi connectivity index (χ4n) is 2.23. The summed E-state index contributed by atoms with van der Waals surface area (Å²) in [5.74, 6) is 0.539. The summed E-state index contributed by atoms with van der Waals surface area (Å²) < 4.78 is 5.07. The van der Waals surface area contributed by atoms with Crippen LogP contribution in [0.1, 0.15) is 22.8 Å². The Morgan fingerprint density at radius 1 is 1.23 bits per heavy atom. The normalized spacial score (nSPS) is 10.3. The number of anilines is 1. The van der Waals surface area contributed by atoms with Crippen molar-refractivity contribution in [2.24, 2.45) is 0 Å². The molecule has 0 aliphatic heterocycles. The molecule has 0 unspecified atom stereocenters. The molecule has 4 nitrogen and oxygen atoms in total. The molecular weight excluding hydrogens is 388 g/mol. The van der Waals surface area contributed by atoms with E-state index in [9.17, 15) is 4.79 Å². The van der Waals surface area contributed by atoms with Crippen molar-refractivity contribution in [1.82, 2.24) is 5.32 Å². The molecule has 0 radical (unpaired) electrons. The number of thiocarbonyl (C=S) groups is 1. The van der Waals surface area contributed by atoms with E-state index >= 15 is 0 Å². The standard InChI is InChI=1S/C19H21ClN2O2S2/c1-3-24-18(23)16-5-4-6-17(13(16)2)22-19(25)21-11-12-26-15-9-7-14(20)8-10-15/h4-10H,3,11-12H2,1-2H3,(H2,21,22,25). The minimum Gasteiger partial charge on any atom is -0.462 e. The number of ether oxygens (including phenoxy) is 1. The third-order valence-corrected chi connectivity index (χ3v) is 5.06. The average molecular weight is 409 g/mol. The summed E-state index contributed by atoms with van der Waals surface area (Å²) in [6.07, 6.45) is 0. The van der Waals surface area contributed by atoms with Crippen LogP contribution in [0.25, 0.3) is 0 Å². The third kappa shape index (κ3) is 6.20. The van der Waals surface area contributed by atoms with Crippen LogP contribution in [-0.2, 0) is 4.74 Å². The summed E-state index contributed by atoms with van der Waals surface area (Å²) in [7, 11) is 0. The predicted octanol–water partition coefficient (Wildman–Crippen LogP) is 4.90. The second-order valence-electron chi connectivity index (χ2n) is 5.38. The molecule has 0 amide bonds. The summed E-state index contributed by atoms with van der Waals surface area (Å²) in [5.41, 5.74) is 2.14. The Morgan fingerprint density at radius 3 is 2.65 bits per heavy atom. The van der Waals surface area contributed by atoms with Gasteiger partial charge >= 0.3 is 5.97 Å². The number of carbonyl (C=O) groups is 1. The van der Waals surface area contributed by atoms with Crippen LogP contribution in [0.2, 0.25) is 5.02 Å². The van der Waals surface area contributed by atoms with Gasteiger partial charge in [0.25, 0.3) is 0 Å². The maximum atomic E-state index is 12.0. The van der Waals surface area contributed by atoms with Gasteiger partial charge in [-0.15, -0.1) is 11.8 Å². The zero-order valence-electron chi connectivity index (χ0n) is 14.7. The van der Waals surface area contributed by atoms with Gasteiger partial charge in [0.05, 0.1) is 12.2 Å². The molecule has 0 aromatic heterocycles. The molecule has 0 saturated heterocycles. The van der Waals surface area contributed by atoms with Gasteiger partial charge < -0.3 is 15.4 Å². The Balaban J connectivity index is 1.83. The predicted molar refractivity (Wildman–Crippen MR) is 114 cm³/mol. The van der Waals surface area contributed by atoms with Crippen LogP contribution in [0.3, 0.4) is 0 Å². The zero-order valence-corrected chi connectivity index (χ0v) is 17.1. The van der Waals surface area contributed by atoms with Crippen LogP contribution in [0.4, 0.5) is 5.69 Å². The van der Waals surface area contributed by atoms with Gasteiger partial charge in [-0.05, 0) is 68.0 Å². The van der Waals surface area contributed by atoms with E-state index in [4.69, 9.17) is 28.6 Å². The van der Waals surface area contributed by atoms with Crippen molar-refractivity contribution >= 4 is 52.3 Å². The topological polar surface area (TPSA) is 50.4 Å². The number of halogens is 1. The van der Waals surface area contributed by atoms with Gasteiger partial charge in [0.1, 0.15) is 0 Å². The largest absolute Gasteiger partial charge is 0.462 e. The Hall–Kier alpha value is -1.76. The van der Waals surface area contributed by atoms with Crippen LogP contribution in [0, 0.1) is 6.92 Å². The number of rotatable bonds is 7. The fourth-order valence-corrected chi connectivity index (χ4v) is 3.34. The van der Waals surface area contributed by atoms with Crippen molar-refractivity contribution < 1.29 is 9.53 Å². The fraction of sp³-hybridized carbons (Fsp3) is 0.263. The zero-order chi connectivity index (χ0) is 18.9. The lowest BCUT2D eigenvalue weighted by Crippen LogP contribution is -2.30. The Morgan fingerprint density at radius 2 is 1.96 bits per heavy atom. The van der Waals surface area contributed by atoms with Crippen molar-refractivity contribution in [2.75, 3.05) is 24.2 Å². The average Bonchev–Trinajstić information content (AvgIpc) is 2.62. The molecule has 26 heavy (non-hydrogen) atoms. The van der Waals surface area contributed by atoms with E-state index in [1.807, 2.05) is 37.3 Å². The van der Waals surface area contributed by atoms with Crippen molar-refractivity contribution in [3.05, 3.63) is 58.6 Å². The van der Waals surface area contributed by atoms with Gasteiger partial charge in [0.2, 0.25) is 0 Å². The SMILES string of the molecule is CCOC(=O)c1cccc(NC(=S)NCCSc2ccc(Cl)cc2)c1C. The molecule has 0 atom stereocenters. The summed E-state index contributed by atoms with van der Waals surface area (Å²) in [5, 5.41) is 7.56. The minimum atomic E-state index is -0.327. The number of benzene rings is 2. The number of thioether (sulfide) groups is 1. The van der Waals surface area contributed by atoms with E-state index in [0.717, 1.165) is 33.5 Å². The lowest BCUT2D eigenvalue weighted by atomic mass is 10.1. The minimum absolute atomic E-state index is 0.327. The first-order valence-electron chi connectivity index (χ1n) is 8.21. The highest BCUT2D eigenvalue weighted by Crippen LogP contribution is 2.21. The van der Waals surface area contributed by atoms with E-state index in [2.05, 4.69) is 10.6 Å². The van der Waals surface area contributed by atoms with Gasteiger partial charge in [-0.1, -0.05) is 17.7 Å². The highest BCUT2D eigenvalue weighted by Gasteiger charge is 2.13. The van der Waals surface area contributed by atoms with Gasteiger partial charge in [-0.25, -0.2) is 4.79 Å². The van der Waals surface area contributed by atoms with Crippen LogP contribution in [0.5, 0.6) is 0 Å². The molecule has 0 spiro atoms. The second kappa shape index (κ2) is 10.4. The first-order valence-corrected chi connectivity index (χ1v) is 9.98. The van der Waals surface area contributed by atoms with E-state index < -0.39 is 0 Å². The number of hydrogen-bond donors (Lipinski definition) is 2. The molecule has 0 bridgehead atoms. The molecule has 0 heterocycles. The molecule has 2 N–H and O–H groups in total. The Bertz CT molecular complexity index is 767. The van der Waals surface area contributed by atoms with Crippen LogP contribution in [0.15, 0.2) is 47.4 Å². The molecular formula is C19H21ClN2O2S2. The first-order chi connectivity index (χ1) is 12.5. The Labute approximate surface area is 168 Å². The molecule has 0 saturated carbocycles. The van der Waals surface area contributed by atoms with Gasteiger partial charge in [0, 0.05) is 27.9 Å². The van der Waals surface area contributed by atoms with Gasteiger partial charge in [0.15, 0.2) is 5.11 Å². The summed E-state index contributed by atoms with van der Waals surface area (Å²) in [6.45, 7) is 4.72. The molecule has 138 valence electrons.